The molecule has 0 spiro atoms. The third-order valence-electron chi connectivity index (χ3n) is 12.2. The van der Waals surface area contributed by atoms with Crippen LogP contribution in [0.15, 0.2) is 48.8 Å². The summed E-state index contributed by atoms with van der Waals surface area (Å²) in [6.45, 7) is 11.1. The lowest BCUT2D eigenvalue weighted by Gasteiger charge is -2.43. The number of piperidine rings is 2. The highest BCUT2D eigenvalue weighted by Gasteiger charge is 2.46. The van der Waals surface area contributed by atoms with Crippen LogP contribution in [0.2, 0.25) is 0 Å². The highest BCUT2D eigenvalue weighted by molar-refractivity contribution is 6.23. The second-order valence-corrected chi connectivity index (χ2v) is 16.3. The van der Waals surface area contributed by atoms with E-state index in [-0.39, 0.29) is 52.7 Å². The number of hydrogen-bond donors (Lipinski definition) is 2. The summed E-state index contributed by atoms with van der Waals surface area (Å²) in [4.78, 5) is 75.6. The number of benzene rings is 2. The van der Waals surface area contributed by atoms with Gasteiger partial charge in [0.25, 0.3) is 11.8 Å². The smallest absolute Gasteiger partial charge is 0.265 e. The first-order valence-corrected chi connectivity index (χ1v) is 20.5. The number of anilines is 3. The van der Waals surface area contributed by atoms with Crippen LogP contribution in [0, 0.1) is 24.4 Å². The molecule has 9 rings (SSSR count). The fraction of sp³-hybridized carbons (Fsp3) is 0.395. The van der Waals surface area contributed by atoms with Gasteiger partial charge in [0.1, 0.15) is 34.7 Å². The van der Waals surface area contributed by atoms with Crippen molar-refractivity contribution in [2.45, 2.75) is 71.1 Å². The molecule has 316 valence electrons. The molecule has 1 unspecified atom stereocenters. The minimum absolute atomic E-state index is 0.00647. The van der Waals surface area contributed by atoms with Crippen molar-refractivity contribution in [3.8, 4) is 11.3 Å². The zero-order valence-electron chi connectivity index (χ0n) is 33.9. The number of fused-ring (bicyclic) bond motifs is 2. The summed E-state index contributed by atoms with van der Waals surface area (Å²) in [6.07, 6.45) is 4.68. The molecule has 7 heterocycles. The Morgan fingerprint density at radius 1 is 0.836 bits per heavy atom. The van der Waals surface area contributed by atoms with E-state index in [0.717, 1.165) is 68.9 Å². The Kier molecular flexibility index (Phi) is 10.5. The third kappa shape index (κ3) is 7.58. The number of imide groups is 2. The van der Waals surface area contributed by atoms with Crippen molar-refractivity contribution in [1.29, 1.82) is 0 Å². The van der Waals surface area contributed by atoms with E-state index in [0.29, 0.717) is 35.3 Å². The summed E-state index contributed by atoms with van der Waals surface area (Å²) < 4.78 is 47.5. The molecule has 0 saturated carbocycles. The van der Waals surface area contributed by atoms with Crippen LogP contribution in [-0.4, -0.2) is 114 Å². The standard InChI is InChI=1S/C43H44F3N11O4/c1-23(2)56-24(3)49-39-31(45)18-26(19-34(39)56)38-32(46)21-48-43(52-38)50-35-6-4-28(20-47-35)55-14-12-54(13-15-55)27-8-10-53(11-9-27)22-25-16-29-37(30(44)17-25)42(61)57(41(29)60)33-5-7-36(58)51-40(33)59/h4,6,16-21,23,27,33H,5,7-15,22H2,1-3H3,(H,51,58,59)(H,47,48,50,52). The van der Waals surface area contributed by atoms with Crippen molar-refractivity contribution in [3.63, 3.8) is 0 Å². The Balaban J connectivity index is 0.774. The van der Waals surface area contributed by atoms with E-state index in [1.54, 1.807) is 18.3 Å². The Morgan fingerprint density at radius 3 is 2.31 bits per heavy atom. The third-order valence-corrected chi connectivity index (χ3v) is 12.2. The van der Waals surface area contributed by atoms with Gasteiger partial charge >= 0.3 is 0 Å². The summed E-state index contributed by atoms with van der Waals surface area (Å²) in [5, 5.41) is 5.20. The highest BCUT2D eigenvalue weighted by Crippen LogP contribution is 2.33. The molecular weight excluding hydrogens is 792 g/mol. The van der Waals surface area contributed by atoms with Gasteiger partial charge in [0.2, 0.25) is 17.8 Å². The van der Waals surface area contributed by atoms with Crippen LogP contribution in [0.1, 0.15) is 77.7 Å². The lowest BCUT2D eigenvalue weighted by atomic mass is 10.00. The minimum Gasteiger partial charge on any atom is -0.368 e. The molecule has 18 heteroatoms. The minimum atomic E-state index is -1.15. The van der Waals surface area contributed by atoms with Gasteiger partial charge in [-0.3, -0.25) is 39.2 Å². The number of halogens is 3. The molecule has 4 amide bonds. The van der Waals surface area contributed by atoms with E-state index in [2.05, 4.69) is 45.3 Å². The van der Waals surface area contributed by atoms with Gasteiger partial charge in [-0.15, -0.1) is 0 Å². The average molecular weight is 836 g/mol. The summed E-state index contributed by atoms with van der Waals surface area (Å²) in [7, 11) is 0. The zero-order chi connectivity index (χ0) is 42.7. The normalized spacial score (nSPS) is 19.4. The van der Waals surface area contributed by atoms with Gasteiger partial charge in [-0.25, -0.2) is 33.1 Å². The van der Waals surface area contributed by atoms with Gasteiger partial charge in [0, 0.05) is 56.8 Å². The van der Waals surface area contributed by atoms with Crippen molar-refractivity contribution in [2.75, 3.05) is 49.5 Å². The van der Waals surface area contributed by atoms with Gasteiger partial charge in [-0.2, -0.15) is 0 Å². The van der Waals surface area contributed by atoms with Crippen LogP contribution in [0.3, 0.4) is 0 Å². The number of aromatic nitrogens is 5. The number of pyridine rings is 1. The predicted octanol–water partition coefficient (Wildman–Crippen LogP) is 5.13. The number of piperazine rings is 1. The van der Waals surface area contributed by atoms with Gasteiger partial charge in [-0.05, 0) is 95.1 Å². The molecule has 3 aromatic heterocycles. The van der Waals surface area contributed by atoms with Crippen molar-refractivity contribution >= 4 is 52.1 Å². The van der Waals surface area contributed by atoms with E-state index in [1.807, 2.05) is 37.5 Å². The number of nitrogens with one attached hydrogen (secondary N) is 2. The Bertz CT molecular complexity index is 2580. The lowest BCUT2D eigenvalue weighted by molar-refractivity contribution is -0.136. The van der Waals surface area contributed by atoms with Crippen molar-refractivity contribution in [1.82, 2.24) is 44.5 Å². The SMILES string of the molecule is Cc1nc2c(F)cc(-c3nc(Nc4ccc(N5CCN(C6CCN(Cc7cc(F)c8c(c7)C(=O)N(C7CCC(=O)NC7=O)C8=O)CC6)CC5)cn4)ncc3F)cc2n1C(C)C. The molecule has 5 aromatic rings. The molecule has 3 fully saturated rings. The maximum atomic E-state index is 15.3. The van der Waals surface area contributed by atoms with E-state index < -0.39 is 47.1 Å². The second-order valence-electron chi connectivity index (χ2n) is 16.3. The van der Waals surface area contributed by atoms with Gasteiger partial charge in [-0.1, -0.05) is 0 Å². The number of imidazole rings is 1. The Labute approximate surface area is 349 Å². The van der Waals surface area contributed by atoms with Crippen molar-refractivity contribution in [3.05, 3.63) is 88.8 Å². The fourth-order valence-electron chi connectivity index (χ4n) is 9.19. The van der Waals surface area contributed by atoms with Gasteiger partial charge in [0.15, 0.2) is 11.6 Å². The number of likely N-dealkylation sites (tertiary alicyclic amines) is 1. The van der Waals surface area contributed by atoms with Crippen LogP contribution in [0.5, 0.6) is 0 Å². The maximum Gasteiger partial charge on any atom is 0.265 e. The van der Waals surface area contributed by atoms with E-state index >= 15 is 13.2 Å². The van der Waals surface area contributed by atoms with Crippen LogP contribution >= 0.6 is 0 Å². The number of amides is 4. The molecule has 61 heavy (non-hydrogen) atoms. The molecule has 4 aliphatic heterocycles. The summed E-state index contributed by atoms with van der Waals surface area (Å²) in [6, 6.07) is 8.82. The quantitative estimate of drug-likeness (QED) is 0.189. The maximum absolute atomic E-state index is 15.3. The summed E-state index contributed by atoms with van der Waals surface area (Å²) in [5.74, 6) is -3.56. The van der Waals surface area contributed by atoms with Crippen LogP contribution in [0.4, 0.5) is 30.6 Å². The average Bonchev–Trinajstić information content (AvgIpc) is 3.71. The van der Waals surface area contributed by atoms with Gasteiger partial charge < -0.3 is 14.8 Å². The van der Waals surface area contributed by atoms with Crippen LogP contribution < -0.4 is 15.5 Å². The van der Waals surface area contributed by atoms with E-state index in [1.165, 1.54) is 12.1 Å². The summed E-state index contributed by atoms with van der Waals surface area (Å²) in [5.41, 5.74) is 2.18. The monoisotopic (exact) mass is 835 g/mol. The van der Waals surface area contributed by atoms with Crippen LogP contribution in [-0.2, 0) is 16.1 Å². The van der Waals surface area contributed by atoms with E-state index in [9.17, 15) is 19.2 Å². The lowest BCUT2D eigenvalue weighted by Crippen LogP contribution is -2.54. The Hall–Kier alpha value is -6.27. The number of aryl methyl sites for hydroxylation is 1. The number of nitrogens with zero attached hydrogens (tertiary/aromatic N) is 9. The molecular formula is C43H44F3N11O4. The number of carbonyl (C=O) groups excluding carboxylic acids is 4. The molecule has 0 radical (unpaired) electrons. The molecule has 15 nitrogen and oxygen atoms in total. The number of rotatable bonds is 9. The molecule has 3 saturated heterocycles. The first-order chi connectivity index (χ1) is 29.3. The zero-order valence-corrected chi connectivity index (χ0v) is 33.9. The van der Waals surface area contributed by atoms with Crippen molar-refractivity contribution in [2.24, 2.45) is 0 Å². The highest BCUT2D eigenvalue weighted by atomic mass is 19.1. The topological polar surface area (TPSA) is 162 Å². The number of hydrogen-bond acceptors (Lipinski definition) is 12. The molecule has 2 N–H and O–H groups in total. The fourth-order valence-corrected chi connectivity index (χ4v) is 9.19. The first-order valence-electron chi connectivity index (χ1n) is 20.5. The first kappa shape index (κ1) is 40.2. The largest absolute Gasteiger partial charge is 0.368 e. The Morgan fingerprint density at radius 2 is 1.61 bits per heavy atom. The number of carbonyl (C=O) groups is 4. The molecule has 2 aromatic carbocycles. The molecule has 4 aliphatic rings. The summed E-state index contributed by atoms with van der Waals surface area (Å²) >= 11 is 0. The van der Waals surface area contributed by atoms with Gasteiger partial charge in [0.05, 0.1) is 34.7 Å². The molecule has 0 aliphatic carbocycles. The molecule has 0 bridgehead atoms. The van der Waals surface area contributed by atoms with Crippen LogP contribution in [0.25, 0.3) is 22.3 Å². The van der Waals surface area contributed by atoms with Crippen molar-refractivity contribution < 1.29 is 32.3 Å². The second kappa shape index (κ2) is 16.0. The van der Waals surface area contributed by atoms with E-state index in [4.69, 9.17) is 0 Å². The predicted molar refractivity (Wildman–Crippen MR) is 218 cm³/mol. The molecule has 1 atom stereocenters.